The maximum absolute atomic E-state index is 14.5. The zero-order chi connectivity index (χ0) is 38.5. The van der Waals surface area contributed by atoms with Gasteiger partial charge in [-0.1, -0.05) is 71.0 Å². The molecule has 0 radical (unpaired) electrons. The number of fused-ring (bicyclic) bond motifs is 3. The molecule has 5 aliphatic rings. The number of cyclic esters (lactones) is 1. The first-order valence-electron chi connectivity index (χ1n) is 18.3. The first-order chi connectivity index (χ1) is 24.8. The van der Waals surface area contributed by atoms with Crippen molar-refractivity contribution < 1.29 is 41.9 Å². The van der Waals surface area contributed by atoms with Gasteiger partial charge in [0.1, 0.15) is 23.7 Å². The van der Waals surface area contributed by atoms with E-state index in [1.54, 1.807) is 25.7 Å². The first kappa shape index (κ1) is 38.3. The Morgan fingerprint density at radius 2 is 1.85 bits per heavy atom. The second-order valence-corrected chi connectivity index (χ2v) is 18.9. The van der Waals surface area contributed by atoms with E-state index >= 15 is 0 Å². The van der Waals surface area contributed by atoms with Crippen LogP contribution in [0.5, 0.6) is 0 Å². The zero-order valence-electron chi connectivity index (χ0n) is 31.1. The van der Waals surface area contributed by atoms with Crippen molar-refractivity contribution in [3.8, 4) is 0 Å². The standard InChI is InChI=1S/C38H51N5O9S/c1-7-25-18-38(25,33(46)41-53(49,50)27-14-15-27)40-31(44)29-17-26-20-43(29)32(45)30(36(2,3)4)39-34(47)51-22-37(5,6)16-9-8-11-23-12-10-13-24-19-42(21-28(23)24)35(48)52-26/h7-8,10-13,25-27,29-30H,1,9,14-22H2,2-6H3,(H,39,47)(H,40,44)(H,41,46)/b11-8+/t25?,26-,29+,30-,38-/m1/s1. The van der Waals surface area contributed by atoms with Crippen LogP contribution in [-0.2, 0) is 47.0 Å². The van der Waals surface area contributed by atoms with Crippen molar-refractivity contribution >= 4 is 46.0 Å². The summed E-state index contributed by atoms with van der Waals surface area (Å²) in [5.74, 6) is -2.74. The third-order valence-electron chi connectivity index (χ3n) is 10.9. The van der Waals surface area contributed by atoms with Crippen molar-refractivity contribution in [3.05, 3.63) is 53.6 Å². The lowest BCUT2D eigenvalue weighted by Gasteiger charge is -2.35. The van der Waals surface area contributed by atoms with Crippen LogP contribution in [0.4, 0.5) is 9.59 Å². The quantitative estimate of drug-likeness (QED) is 0.365. The molecule has 14 nitrogen and oxygen atoms in total. The Bertz CT molecular complexity index is 1830. The Labute approximate surface area is 311 Å². The summed E-state index contributed by atoms with van der Waals surface area (Å²) in [6.07, 6.45) is 5.66. The fourth-order valence-electron chi connectivity index (χ4n) is 7.34. The lowest BCUT2D eigenvalue weighted by Crippen LogP contribution is -2.60. The van der Waals surface area contributed by atoms with E-state index in [9.17, 15) is 32.4 Å². The zero-order valence-corrected chi connectivity index (χ0v) is 31.9. The molecule has 15 heteroatoms. The van der Waals surface area contributed by atoms with Gasteiger partial charge < -0.3 is 25.0 Å². The summed E-state index contributed by atoms with van der Waals surface area (Å²) in [7, 11) is -3.91. The van der Waals surface area contributed by atoms with Crippen LogP contribution >= 0.6 is 0 Å². The molecule has 2 saturated carbocycles. The number of allylic oxidation sites excluding steroid dienone is 1. The summed E-state index contributed by atoms with van der Waals surface area (Å²) in [4.78, 5) is 71.9. The molecular weight excluding hydrogens is 703 g/mol. The molecule has 0 spiro atoms. The highest BCUT2D eigenvalue weighted by atomic mass is 32.2. The fraction of sp³-hybridized carbons (Fsp3) is 0.605. The van der Waals surface area contributed by atoms with Crippen molar-refractivity contribution in [1.82, 2.24) is 25.2 Å². The minimum atomic E-state index is -3.91. The molecule has 5 amide bonds. The molecule has 2 aliphatic carbocycles. The molecule has 4 bridgehead atoms. The Morgan fingerprint density at radius 1 is 1.11 bits per heavy atom. The molecule has 6 rings (SSSR count). The summed E-state index contributed by atoms with van der Waals surface area (Å²) >= 11 is 0. The van der Waals surface area contributed by atoms with Crippen molar-refractivity contribution in [2.75, 3.05) is 13.2 Å². The third-order valence-corrected chi connectivity index (χ3v) is 12.7. The van der Waals surface area contributed by atoms with E-state index in [1.807, 2.05) is 38.1 Å². The highest BCUT2D eigenvalue weighted by Crippen LogP contribution is 2.45. The van der Waals surface area contributed by atoms with Crippen LogP contribution in [0.25, 0.3) is 6.08 Å². The Kier molecular flexibility index (Phi) is 10.2. The molecular formula is C38H51N5O9S. The number of hydrogen-bond acceptors (Lipinski definition) is 9. The Morgan fingerprint density at radius 3 is 2.51 bits per heavy atom. The van der Waals surface area contributed by atoms with Crippen LogP contribution in [0.2, 0.25) is 0 Å². The number of hydrogen-bond donors (Lipinski definition) is 3. The van der Waals surface area contributed by atoms with Crippen LogP contribution in [-0.4, -0.2) is 90.3 Å². The lowest BCUT2D eigenvalue weighted by molar-refractivity contribution is -0.143. The molecule has 0 aromatic heterocycles. The average molecular weight is 754 g/mol. The van der Waals surface area contributed by atoms with Crippen molar-refractivity contribution in [2.24, 2.45) is 16.7 Å². The number of nitrogens with zero attached hydrogens (tertiary/aromatic N) is 2. The molecule has 3 N–H and O–H groups in total. The average Bonchev–Trinajstić information content (AvgIpc) is 3.97. The summed E-state index contributed by atoms with van der Waals surface area (Å²) < 4.78 is 39.1. The molecule has 3 heterocycles. The largest absolute Gasteiger partial charge is 0.449 e. The minimum Gasteiger partial charge on any atom is -0.449 e. The molecule has 53 heavy (non-hydrogen) atoms. The monoisotopic (exact) mass is 753 g/mol. The van der Waals surface area contributed by atoms with Crippen LogP contribution in [0.3, 0.4) is 0 Å². The second-order valence-electron chi connectivity index (χ2n) is 16.9. The van der Waals surface area contributed by atoms with Crippen LogP contribution in [0.1, 0.15) is 89.8 Å². The summed E-state index contributed by atoms with van der Waals surface area (Å²) in [5, 5.41) is 4.82. The number of alkyl carbamates (subject to hydrolysis) is 1. The van der Waals surface area contributed by atoms with Gasteiger partial charge in [-0.15, -0.1) is 6.58 Å². The number of benzene rings is 1. The van der Waals surface area contributed by atoms with Gasteiger partial charge in [-0.25, -0.2) is 18.0 Å². The van der Waals surface area contributed by atoms with Crippen LogP contribution in [0.15, 0.2) is 36.9 Å². The molecule has 3 aliphatic heterocycles. The van der Waals surface area contributed by atoms with Gasteiger partial charge in [0, 0.05) is 18.9 Å². The van der Waals surface area contributed by atoms with Gasteiger partial charge in [0.15, 0.2) is 0 Å². The van der Waals surface area contributed by atoms with Gasteiger partial charge in [0.05, 0.1) is 24.9 Å². The smallest absolute Gasteiger partial charge is 0.410 e. The normalized spacial score (nSPS) is 29.6. The van der Waals surface area contributed by atoms with Gasteiger partial charge >= 0.3 is 12.2 Å². The molecule has 288 valence electrons. The summed E-state index contributed by atoms with van der Waals surface area (Å²) in [5.41, 5.74) is 0.196. The highest BCUT2D eigenvalue weighted by molar-refractivity contribution is 7.91. The Balaban J connectivity index is 1.29. The van der Waals surface area contributed by atoms with Gasteiger partial charge in [-0.2, -0.15) is 0 Å². The highest BCUT2D eigenvalue weighted by Gasteiger charge is 2.62. The van der Waals surface area contributed by atoms with Crippen LogP contribution < -0.4 is 15.4 Å². The second kappa shape index (κ2) is 14.1. The van der Waals surface area contributed by atoms with Crippen LogP contribution in [0, 0.1) is 16.7 Å². The summed E-state index contributed by atoms with van der Waals surface area (Å²) in [6, 6.07) is 3.54. The first-order valence-corrected chi connectivity index (χ1v) is 19.9. The topological polar surface area (TPSA) is 181 Å². The van der Waals surface area contributed by atoms with Gasteiger partial charge in [0.2, 0.25) is 21.8 Å². The number of carbonyl (C=O) groups excluding carboxylic acids is 5. The van der Waals surface area contributed by atoms with Gasteiger partial charge in [-0.05, 0) is 59.6 Å². The number of ether oxygens (including phenoxy) is 2. The van der Waals surface area contributed by atoms with Crippen molar-refractivity contribution in [3.63, 3.8) is 0 Å². The predicted octanol–water partition coefficient (Wildman–Crippen LogP) is 3.75. The molecule has 3 fully saturated rings. The molecule has 5 atom stereocenters. The molecule has 1 aromatic rings. The maximum atomic E-state index is 14.5. The minimum absolute atomic E-state index is 0.0928. The van der Waals surface area contributed by atoms with Crippen molar-refractivity contribution in [2.45, 2.75) is 115 Å². The fourth-order valence-corrected chi connectivity index (χ4v) is 8.70. The maximum Gasteiger partial charge on any atom is 0.410 e. The number of nitrogens with one attached hydrogen (secondary N) is 3. The summed E-state index contributed by atoms with van der Waals surface area (Å²) in [6.45, 7) is 13.7. The number of amides is 5. The van der Waals surface area contributed by atoms with E-state index in [4.69, 9.17) is 9.47 Å². The number of rotatable bonds is 6. The van der Waals surface area contributed by atoms with E-state index in [1.165, 1.54) is 11.0 Å². The van der Waals surface area contributed by atoms with Gasteiger partial charge in [-0.3, -0.25) is 24.0 Å². The van der Waals surface area contributed by atoms with Gasteiger partial charge in [0.25, 0.3) is 5.91 Å². The van der Waals surface area contributed by atoms with E-state index in [0.29, 0.717) is 25.9 Å². The molecule has 1 aromatic carbocycles. The van der Waals surface area contributed by atoms with E-state index in [0.717, 1.165) is 29.5 Å². The third kappa shape index (κ3) is 8.24. The van der Waals surface area contributed by atoms with Crippen molar-refractivity contribution in [1.29, 1.82) is 0 Å². The number of carbonyl (C=O) groups is 5. The number of sulfonamides is 1. The Hall–Kier alpha value is -4.40. The SMILES string of the molecule is C=CC1C[C@]1(NC(=O)[C@@H]1C[C@@H]2CN1C(=O)[C@H](C(C)(C)C)NC(=O)OCC(C)(C)CC/C=C/c1cccc3c1CN(C3)C(=O)O2)C(=O)NS(=O)(=O)C1CC1. The van der Waals surface area contributed by atoms with E-state index < -0.39 is 80.2 Å². The predicted molar refractivity (Wildman–Crippen MR) is 195 cm³/mol. The molecule has 1 unspecified atom stereocenters. The lowest BCUT2D eigenvalue weighted by atomic mass is 9.85. The van der Waals surface area contributed by atoms with E-state index in [-0.39, 0.29) is 31.4 Å². The van der Waals surface area contributed by atoms with E-state index in [2.05, 4.69) is 28.0 Å². The molecule has 1 saturated heterocycles.